The molecular formula is C24H52N2O8S8Si2. The summed E-state index contributed by atoms with van der Waals surface area (Å²) in [5.41, 5.74) is 0. The van der Waals surface area contributed by atoms with Crippen LogP contribution in [-0.4, -0.2) is 99.2 Å². The number of hydrogen-bond acceptors (Lipinski definition) is 16. The number of nitrogens with zero attached hydrogens (tertiary/aromatic N) is 2. The van der Waals surface area contributed by atoms with Crippen molar-refractivity contribution in [2.45, 2.75) is 79.3 Å². The second kappa shape index (κ2) is 29.8. The molecule has 0 heterocycles. The van der Waals surface area contributed by atoms with Gasteiger partial charge in [0.2, 0.25) is 0 Å². The SMILES string of the molecule is CCO[Si](CCCCSN(SC)C(=O)SSSSC(=O)N(SC)SCCCC[Si](OCC)(OCC)OCC)(OCC)OCC. The van der Waals surface area contributed by atoms with E-state index in [9.17, 15) is 9.59 Å². The Morgan fingerprint density at radius 2 is 0.818 bits per heavy atom. The number of carbonyl (C=O) groups excluding carboxylic acids is 2. The minimum Gasteiger partial charge on any atom is -0.374 e. The molecule has 0 atom stereocenters. The van der Waals surface area contributed by atoms with Gasteiger partial charge in [0, 0.05) is 97.3 Å². The number of unbranched alkanes of at least 4 members (excludes halogenated alkanes) is 2. The van der Waals surface area contributed by atoms with Gasteiger partial charge in [0.05, 0.1) is 0 Å². The quantitative estimate of drug-likeness (QED) is 0.0310. The Kier molecular flexibility index (Phi) is 31.1. The van der Waals surface area contributed by atoms with E-state index < -0.39 is 17.6 Å². The number of rotatable bonds is 29. The lowest BCUT2D eigenvalue weighted by atomic mass is 10.4. The highest BCUT2D eigenvalue weighted by atomic mass is 33.7. The lowest BCUT2D eigenvalue weighted by Crippen LogP contribution is -2.45. The van der Waals surface area contributed by atoms with Crippen molar-refractivity contribution in [2.24, 2.45) is 0 Å². The molecule has 44 heavy (non-hydrogen) atoms. The fourth-order valence-electron chi connectivity index (χ4n) is 3.69. The summed E-state index contributed by atoms with van der Waals surface area (Å²) in [5, 5.41) is -0.117. The molecule has 0 fully saturated rings. The third-order valence-electron chi connectivity index (χ3n) is 5.23. The van der Waals surface area contributed by atoms with Crippen LogP contribution >= 0.6 is 89.0 Å². The van der Waals surface area contributed by atoms with Crippen molar-refractivity contribution in [3.05, 3.63) is 0 Å². The molecule has 0 radical (unpaired) electrons. The topological polar surface area (TPSA) is 96.0 Å². The molecule has 0 aromatic carbocycles. The van der Waals surface area contributed by atoms with Crippen LogP contribution < -0.4 is 0 Å². The summed E-state index contributed by atoms with van der Waals surface area (Å²) >= 11 is 5.78. The molecule has 0 saturated carbocycles. The van der Waals surface area contributed by atoms with Crippen LogP contribution in [0, 0.1) is 0 Å². The maximum Gasteiger partial charge on any atom is 0.500 e. The average Bonchev–Trinajstić information content (AvgIpc) is 2.99. The first-order valence-electron chi connectivity index (χ1n) is 14.8. The predicted octanol–water partition coefficient (Wildman–Crippen LogP) is 10.0. The van der Waals surface area contributed by atoms with Gasteiger partial charge in [0.25, 0.3) is 0 Å². The van der Waals surface area contributed by atoms with Crippen molar-refractivity contribution in [1.29, 1.82) is 0 Å². The number of amides is 2. The number of carbonyl (C=O) groups is 2. The Bertz CT molecular complexity index is 654. The van der Waals surface area contributed by atoms with Gasteiger partial charge in [-0.25, -0.2) is 7.42 Å². The summed E-state index contributed by atoms with van der Waals surface area (Å²) in [6.45, 7) is 15.2. The molecule has 0 rings (SSSR count). The fraction of sp³-hybridized carbons (Fsp3) is 0.917. The van der Waals surface area contributed by atoms with Crippen LogP contribution in [0.3, 0.4) is 0 Å². The third-order valence-corrected chi connectivity index (χ3v) is 21.8. The first-order chi connectivity index (χ1) is 21.3. The Hall–Kier alpha value is 1.93. The van der Waals surface area contributed by atoms with E-state index >= 15 is 0 Å². The van der Waals surface area contributed by atoms with Crippen molar-refractivity contribution in [3.63, 3.8) is 0 Å². The second-order valence-corrected chi connectivity index (χ2v) is 23.3. The molecule has 0 bridgehead atoms. The first-order valence-corrected chi connectivity index (χ1v) is 27.7. The van der Waals surface area contributed by atoms with Crippen molar-refractivity contribution in [1.82, 2.24) is 7.42 Å². The molecule has 20 heteroatoms. The van der Waals surface area contributed by atoms with E-state index in [2.05, 4.69) is 0 Å². The van der Waals surface area contributed by atoms with Crippen LogP contribution in [0.1, 0.15) is 67.2 Å². The van der Waals surface area contributed by atoms with Crippen molar-refractivity contribution in [2.75, 3.05) is 63.7 Å². The van der Waals surface area contributed by atoms with Gasteiger partial charge >= 0.3 is 28.1 Å². The summed E-state index contributed by atoms with van der Waals surface area (Å²) in [5.74, 6) is 1.61. The van der Waals surface area contributed by atoms with Gasteiger partial charge in [-0.1, -0.05) is 0 Å². The van der Waals surface area contributed by atoms with Gasteiger partial charge in [-0.3, -0.25) is 9.59 Å². The minimum absolute atomic E-state index is 0.0587. The standard InChI is InChI=1S/C24H52N2O8S8Si2/c1-9-29-43(30-10-2,31-11-3)21-17-15-19-37-25(35-7)23(27)39-41-42-40-24(28)26(36-8)38-20-16-18-22-44(32-12-4,33-13-5)34-14-6/h9-22H2,1-8H3. The highest BCUT2D eigenvalue weighted by Gasteiger charge is 2.40. The minimum atomic E-state index is -2.63. The van der Waals surface area contributed by atoms with Gasteiger partial charge in [0.15, 0.2) is 0 Å². The zero-order chi connectivity index (χ0) is 33.1. The van der Waals surface area contributed by atoms with Crippen LogP contribution in [-0.2, 0) is 26.6 Å². The summed E-state index contributed by atoms with van der Waals surface area (Å²) in [4.78, 5) is 25.4. The van der Waals surface area contributed by atoms with E-state index in [0.29, 0.717) is 39.6 Å². The molecular weight excluding hydrogens is 757 g/mol. The second-order valence-electron chi connectivity index (χ2n) is 8.26. The predicted molar refractivity (Wildman–Crippen MR) is 206 cm³/mol. The van der Waals surface area contributed by atoms with E-state index in [-0.39, 0.29) is 10.5 Å². The van der Waals surface area contributed by atoms with Crippen LogP contribution in [0.2, 0.25) is 12.1 Å². The molecule has 262 valence electrons. The number of hydrogen-bond donors (Lipinski definition) is 0. The summed E-state index contributed by atoms with van der Waals surface area (Å²) in [7, 11) is -0.380. The Morgan fingerprint density at radius 3 is 1.07 bits per heavy atom. The van der Waals surface area contributed by atoms with Gasteiger partial charge in [-0.2, -0.15) is 0 Å². The van der Waals surface area contributed by atoms with E-state index in [1.807, 2.05) is 54.1 Å². The van der Waals surface area contributed by atoms with E-state index in [1.165, 1.54) is 67.4 Å². The molecule has 10 nitrogen and oxygen atoms in total. The first kappa shape index (κ1) is 45.9. The molecule has 0 aliphatic rings. The lowest BCUT2D eigenvalue weighted by molar-refractivity contribution is 0.0700. The Morgan fingerprint density at radius 1 is 0.523 bits per heavy atom. The van der Waals surface area contributed by atoms with Gasteiger partial charge in [-0.05, 0) is 135 Å². The normalized spacial score (nSPS) is 12.1. The van der Waals surface area contributed by atoms with Crippen LogP contribution in [0.25, 0.3) is 0 Å². The van der Waals surface area contributed by atoms with Crippen molar-refractivity contribution in [3.8, 4) is 0 Å². The van der Waals surface area contributed by atoms with E-state index in [0.717, 1.165) is 70.9 Å². The molecule has 0 saturated heterocycles. The molecule has 0 N–H and O–H groups in total. The lowest BCUT2D eigenvalue weighted by Gasteiger charge is -2.28. The Balaban J connectivity index is 4.39. The van der Waals surface area contributed by atoms with Crippen LogP contribution in [0.15, 0.2) is 0 Å². The molecule has 0 aromatic heterocycles. The molecule has 0 spiro atoms. The third kappa shape index (κ3) is 20.4. The van der Waals surface area contributed by atoms with E-state index in [4.69, 9.17) is 26.6 Å². The van der Waals surface area contributed by atoms with Gasteiger partial charge in [0.1, 0.15) is 0 Å². The summed E-state index contributed by atoms with van der Waals surface area (Å²) < 4.78 is 38.9. The highest BCUT2D eigenvalue weighted by Crippen LogP contribution is 2.47. The average molecular weight is 809 g/mol. The summed E-state index contributed by atoms with van der Waals surface area (Å²) in [6, 6.07) is 1.54. The largest absolute Gasteiger partial charge is 0.500 e. The fourth-order valence-corrected chi connectivity index (χ4v) is 17.9. The Labute approximate surface area is 301 Å². The molecule has 0 unspecified atom stereocenters. The monoisotopic (exact) mass is 808 g/mol. The molecule has 2 amide bonds. The molecule has 0 aliphatic carbocycles. The smallest absolute Gasteiger partial charge is 0.374 e. The molecule has 0 aliphatic heterocycles. The maximum atomic E-state index is 12.7. The molecule has 0 aromatic rings. The van der Waals surface area contributed by atoms with Crippen molar-refractivity contribution >= 4 is 117 Å². The zero-order valence-electron chi connectivity index (χ0n) is 27.3. The zero-order valence-corrected chi connectivity index (χ0v) is 35.9. The summed E-state index contributed by atoms with van der Waals surface area (Å²) in [6.07, 6.45) is 7.44. The highest BCUT2D eigenvalue weighted by molar-refractivity contribution is 9.29. The van der Waals surface area contributed by atoms with Gasteiger partial charge < -0.3 is 26.6 Å². The van der Waals surface area contributed by atoms with Crippen LogP contribution in [0.5, 0.6) is 0 Å². The van der Waals surface area contributed by atoms with Crippen molar-refractivity contribution < 1.29 is 36.1 Å². The van der Waals surface area contributed by atoms with Crippen LogP contribution in [0.4, 0.5) is 9.59 Å². The van der Waals surface area contributed by atoms with Gasteiger partial charge in [-0.15, -0.1) is 0 Å². The van der Waals surface area contributed by atoms with E-state index in [1.54, 1.807) is 7.42 Å². The maximum absolute atomic E-state index is 12.7.